The van der Waals surface area contributed by atoms with Crippen LogP contribution in [0, 0.1) is 0 Å². The van der Waals surface area contributed by atoms with Gasteiger partial charge in [0.1, 0.15) is 11.3 Å². The van der Waals surface area contributed by atoms with Gasteiger partial charge in [-0.2, -0.15) is 0 Å². The number of rotatable bonds is 3. The van der Waals surface area contributed by atoms with Crippen molar-refractivity contribution in [3.8, 4) is 0 Å². The van der Waals surface area contributed by atoms with E-state index < -0.39 is 5.97 Å². The standard InChI is InChI=1S/C10H13NO3/c1-5(2)9-7(10(12)13)8(11-14-9)6-3-4-6/h5-6H,3-4H2,1-2H3,(H,12,13). The molecule has 0 atom stereocenters. The molecule has 2 rings (SSSR count). The molecule has 0 aliphatic heterocycles. The second kappa shape index (κ2) is 3.12. The van der Waals surface area contributed by atoms with Crippen molar-refractivity contribution in [3.05, 3.63) is 17.0 Å². The predicted octanol–water partition coefficient (Wildman–Crippen LogP) is 2.37. The van der Waals surface area contributed by atoms with Gasteiger partial charge in [0.15, 0.2) is 5.76 Å². The molecule has 1 aromatic heterocycles. The monoisotopic (exact) mass is 195 g/mol. The molecule has 0 radical (unpaired) electrons. The van der Waals surface area contributed by atoms with E-state index in [1.165, 1.54) is 0 Å². The third-order valence-electron chi connectivity index (χ3n) is 2.45. The zero-order valence-corrected chi connectivity index (χ0v) is 8.28. The molecule has 0 saturated heterocycles. The van der Waals surface area contributed by atoms with Gasteiger partial charge in [0.2, 0.25) is 0 Å². The third-order valence-corrected chi connectivity index (χ3v) is 2.45. The molecule has 1 aliphatic rings. The number of aromatic carboxylic acids is 1. The number of nitrogens with zero attached hydrogens (tertiary/aromatic N) is 1. The number of aromatic nitrogens is 1. The van der Waals surface area contributed by atoms with Crippen LogP contribution in [0.4, 0.5) is 0 Å². The molecule has 1 fully saturated rings. The molecule has 1 N–H and O–H groups in total. The molecule has 1 aliphatic carbocycles. The van der Waals surface area contributed by atoms with Crippen LogP contribution in [-0.2, 0) is 0 Å². The molecule has 1 saturated carbocycles. The fraction of sp³-hybridized carbons (Fsp3) is 0.600. The largest absolute Gasteiger partial charge is 0.477 e. The summed E-state index contributed by atoms with van der Waals surface area (Å²) < 4.78 is 5.09. The highest BCUT2D eigenvalue weighted by atomic mass is 16.5. The summed E-state index contributed by atoms with van der Waals surface area (Å²) in [5, 5.41) is 12.9. The Morgan fingerprint density at radius 2 is 2.21 bits per heavy atom. The van der Waals surface area contributed by atoms with Crippen LogP contribution in [0.3, 0.4) is 0 Å². The summed E-state index contributed by atoms with van der Waals surface area (Å²) in [5.74, 6) is -0.0327. The maximum absolute atomic E-state index is 11.0. The highest BCUT2D eigenvalue weighted by Gasteiger charge is 2.34. The van der Waals surface area contributed by atoms with Crippen molar-refractivity contribution in [1.29, 1.82) is 0 Å². The van der Waals surface area contributed by atoms with Crippen molar-refractivity contribution < 1.29 is 14.4 Å². The van der Waals surface area contributed by atoms with Crippen molar-refractivity contribution in [1.82, 2.24) is 5.16 Å². The van der Waals surface area contributed by atoms with Crippen LogP contribution < -0.4 is 0 Å². The maximum atomic E-state index is 11.0. The van der Waals surface area contributed by atoms with Crippen LogP contribution in [0.25, 0.3) is 0 Å². The van der Waals surface area contributed by atoms with E-state index in [0.29, 0.717) is 22.9 Å². The zero-order valence-electron chi connectivity index (χ0n) is 8.28. The van der Waals surface area contributed by atoms with E-state index in [4.69, 9.17) is 9.63 Å². The molecule has 0 aromatic carbocycles. The SMILES string of the molecule is CC(C)c1onc(C2CC2)c1C(=O)O. The maximum Gasteiger partial charge on any atom is 0.341 e. The average Bonchev–Trinajstić information content (AvgIpc) is 2.83. The molecule has 4 nitrogen and oxygen atoms in total. The van der Waals surface area contributed by atoms with Gasteiger partial charge in [-0.3, -0.25) is 0 Å². The van der Waals surface area contributed by atoms with Gasteiger partial charge in [-0.05, 0) is 12.8 Å². The van der Waals surface area contributed by atoms with Gasteiger partial charge in [-0.25, -0.2) is 4.79 Å². The van der Waals surface area contributed by atoms with E-state index in [0.717, 1.165) is 12.8 Å². The van der Waals surface area contributed by atoms with E-state index in [1.54, 1.807) is 0 Å². The summed E-state index contributed by atoms with van der Waals surface area (Å²) in [6, 6.07) is 0. The Kier molecular flexibility index (Phi) is 2.06. The molecule has 0 bridgehead atoms. The third kappa shape index (κ3) is 1.41. The highest BCUT2D eigenvalue weighted by molar-refractivity contribution is 5.90. The van der Waals surface area contributed by atoms with Gasteiger partial charge in [0.05, 0.1) is 0 Å². The normalized spacial score (nSPS) is 16.2. The summed E-state index contributed by atoms with van der Waals surface area (Å²) in [6.07, 6.45) is 2.06. The molecule has 4 heteroatoms. The van der Waals surface area contributed by atoms with Gasteiger partial charge in [0.25, 0.3) is 0 Å². The lowest BCUT2D eigenvalue weighted by Crippen LogP contribution is -2.03. The van der Waals surface area contributed by atoms with Gasteiger partial charge >= 0.3 is 5.97 Å². The van der Waals surface area contributed by atoms with Crippen molar-refractivity contribution in [2.45, 2.75) is 38.5 Å². The number of carboxylic acids is 1. The fourth-order valence-electron chi connectivity index (χ4n) is 1.56. The first kappa shape index (κ1) is 9.24. The molecule has 14 heavy (non-hydrogen) atoms. The van der Waals surface area contributed by atoms with Gasteiger partial charge in [-0.15, -0.1) is 0 Å². The topological polar surface area (TPSA) is 63.3 Å². The fourth-order valence-corrected chi connectivity index (χ4v) is 1.56. The van der Waals surface area contributed by atoms with E-state index in [1.807, 2.05) is 13.8 Å². The van der Waals surface area contributed by atoms with Crippen molar-refractivity contribution in [2.24, 2.45) is 0 Å². The van der Waals surface area contributed by atoms with Crippen molar-refractivity contribution in [2.75, 3.05) is 0 Å². The van der Waals surface area contributed by atoms with Gasteiger partial charge in [0, 0.05) is 11.8 Å². The minimum atomic E-state index is -0.920. The van der Waals surface area contributed by atoms with E-state index in [9.17, 15) is 4.79 Å². The first-order valence-corrected chi connectivity index (χ1v) is 4.84. The number of hydrogen-bond donors (Lipinski definition) is 1. The summed E-state index contributed by atoms with van der Waals surface area (Å²) >= 11 is 0. The van der Waals surface area contributed by atoms with Crippen LogP contribution in [0.5, 0.6) is 0 Å². The molecular weight excluding hydrogens is 182 g/mol. The Morgan fingerprint density at radius 3 is 2.64 bits per heavy atom. The van der Waals surface area contributed by atoms with Gasteiger partial charge < -0.3 is 9.63 Å². The average molecular weight is 195 g/mol. The minimum Gasteiger partial charge on any atom is -0.477 e. The van der Waals surface area contributed by atoms with Crippen LogP contribution in [0.15, 0.2) is 4.52 Å². The Labute approximate surface area is 81.9 Å². The van der Waals surface area contributed by atoms with Crippen LogP contribution in [0.1, 0.15) is 60.3 Å². The molecule has 76 valence electrons. The quantitative estimate of drug-likeness (QED) is 0.804. The van der Waals surface area contributed by atoms with Crippen LogP contribution in [0.2, 0.25) is 0 Å². The molecule has 1 heterocycles. The van der Waals surface area contributed by atoms with E-state index in [2.05, 4.69) is 5.16 Å². The van der Waals surface area contributed by atoms with E-state index in [-0.39, 0.29) is 5.92 Å². The molecular formula is C10H13NO3. The highest BCUT2D eigenvalue weighted by Crippen LogP contribution is 2.42. The summed E-state index contributed by atoms with van der Waals surface area (Å²) in [4.78, 5) is 11.0. The Balaban J connectivity index is 2.46. The summed E-state index contributed by atoms with van der Waals surface area (Å²) in [7, 11) is 0. The zero-order chi connectivity index (χ0) is 10.3. The number of carboxylic acid groups (broad SMARTS) is 1. The second-order valence-electron chi connectivity index (χ2n) is 4.04. The first-order valence-electron chi connectivity index (χ1n) is 4.84. The number of carbonyl (C=O) groups is 1. The molecule has 0 unspecified atom stereocenters. The Hall–Kier alpha value is -1.32. The molecule has 0 amide bonds. The summed E-state index contributed by atoms with van der Waals surface area (Å²) in [5.41, 5.74) is 0.934. The van der Waals surface area contributed by atoms with E-state index >= 15 is 0 Å². The van der Waals surface area contributed by atoms with Crippen LogP contribution >= 0.6 is 0 Å². The second-order valence-corrected chi connectivity index (χ2v) is 4.04. The Morgan fingerprint density at radius 1 is 1.57 bits per heavy atom. The molecule has 1 aromatic rings. The lowest BCUT2D eigenvalue weighted by molar-refractivity contribution is 0.0692. The van der Waals surface area contributed by atoms with Gasteiger partial charge in [-0.1, -0.05) is 19.0 Å². The van der Waals surface area contributed by atoms with Crippen molar-refractivity contribution >= 4 is 5.97 Å². The number of hydrogen-bond acceptors (Lipinski definition) is 3. The summed E-state index contributed by atoms with van der Waals surface area (Å²) in [6.45, 7) is 3.81. The predicted molar refractivity (Wildman–Crippen MR) is 49.5 cm³/mol. The Bertz CT molecular complexity index is 344. The lowest BCUT2D eigenvalue weighted by atomic mass is 10.0. The minimum absolute atomic E-state index is 0.0705. The smallest absolute Gasteiger partial charge is 0.341 e. The van der Waals surface area contributed by atoms with Crippen molar-refractivity contribution in [3.63, 3.8) is 0 Å². The lowest BCUT2D eigenvalue weighted by Gasteiger charge is -2.00. The first-order chi connectivity index (χ1) is 6.61. The molecule has 0 spiro atoms. The van der Waals surface area contributed by atoms with Crippen LogP contribution in [-0.4, -0.2) is 16.2 Å².